The third kappa shape index (κ3) is 1.78. The van der Waals surface area contributed by atoms with Gasteiger partial charge in [-0.25, -0.2) is 0 Å². The van der Waals surface area contributed by atoms with E-state index < -0.39 is 0 Å². The van der Waals surface area contributed by atoms with E-state index in [2.05, 4.69) is 4.98 Å². The van der Waals surface area contributed by atoms with Crippen LogP contribution in [0.4, 0.5) is 0 Å². The van der Waals surface area contributed by atoms with Gasteiger partial charge in [-0.3, -0.25) is 9.20 Å². The number of nitrogens with zero attached hydrogens (tertiary/aromatic N) is 2. The van der Waals surface area contributed by atoms with E-state index in [0.717, 1.165) is 5.69 Å². The van der Waals surface area contributed by atoms with Gasteiger partial charge in [0.05, 0.1) is 0 Å². The molecule has 0 aliphatic carbocycles. The summed E-state index contributed by atoms with van der Waals surface area (Å²) < 4.78 is 1.50. The topological polar surface area (TPSA) is 54.6 Å². The molecule has 0 spiro atoms. The Bertz CT molecular complexity index is 807. The number of pyridine rings is 1. The maximum atomic E-state index is 12.5. The van der Waals surface area contributed by atoms with Gasteiger partial charge in [-0.15, -0.1) is 0 Å². The number of aryl methyl sites for hydroxylation is 1. The molecule has 4 nitrogen and oxygen atoms in total. The predicted molar refractivity (Wildman–Crippen MR) is 73.3 cm³/mol. The lowest BCUT2D eigenvalue weighted by Crippen LogP contribution is -2.19. The molecule has 1 N–H and O–H groups in total. The van der Waals surface area contributed by atoms with E-state index in [0.29, 0.717) is 11.2 Å². The second-order valence-corrected chi connectivity index (χ2v) is 4.34. The molecule has 2 heterocycles. The molecular formula is C15H12N2O2. The van der Waals surface area contributed by atoms with Crippen LogP contribution in [0.15, 0.2) is 53.3 Å². The zero-order valence-electron chi connectivity index (χ0n) is 10.4. The van der Waals surface area contributed by atoms with Gasteiger partial charge >= 0.3 is 0 Å². The van der Waals surface area contributed by atoms with E-state index in [1.807, 2.05) is 31.2 Å². The Morgan fingerprint density at radius 1 is 1.05 bits per heavy atom. The lowest BCUT2D eigenvalue weighted by atomic mass is 10.1. The molecule has 0 bridgehead atoms. The van der Waals surface area contributed by atoms with E-state index in [4.69, 9.17) is 0 Å². The van der Waals surface area contributed by atoms with Crippen LogP contribution in [0.5, 0.6) is 5.88 Å². The maximum Gasteiger partial charge on any atom is 0.269 e. The molecule has 0 amide bonds. The highest BCUT2D eigenvalue weighted by Crippen LogP contribution is 2.23. The van der Waals surface area contributed by atoms with Crippen LogP contribution in [0.25, 0.3) is 16.8 Å². The minimum absolute atomic E-state index is 0.229. The van der Waals surface area contributed by atoms with Gasteiger partial charge < -0.3 is 5.11 Å². The molecule has 0 aliphatic heterocycles. The Kier molecular flexibility index (Phi) is 2.56. The van der Waals surface area contributed by atoms with Crippen molar-refractivity contribution in [2.75, 3.05) is 0 Å². The third-order valence-corrected chi connectivity index (χ3v) is 3.09. The van der Waals surface area contributed by atoms with Crippen LogP contribution in [0.2, 0.25) is 0 Å². The highest BCUT2D eigenvalue weighted by molar-refractivity contribution is 5.68. The van der Waals surface area contributed by atoms with Crippen molar-refractivity contribution >= 4 is 5.65 Å². The Morgan fingerprint density at radius 3 is 2.53 bits per heavy atom. The summed E-state index contributed by atoms with van der Waals surface area (Å²) in [5, 5.41) is 10.0. The number of rotatable bonds is 1. The second-order valence-electron chi connectivity index (χ2n) is 4.34. The van der Waals surface area contributed by atoms with E-state index in [1.165, 1.54) is 4.40 Å². The predicted octanol–water partition coefficient (Wildman–Crippen LogP) is 2.38. The van der Waals surface area contributed by atoms with Crippen molar-refractivity contribution in [2.24, 2.45) is 0 Å². The first-order chi connectivity index (χ1) is 9.18. The van der Waals surface area contributed by atoms with Gasteiger partial charge in [0.25, 0.3) is 5.56 Å². The van der Waals surface area contributed by atoms with Crippen LogP contribution in [-0.4, -0.2) is 14.5 Å². The zero-order chi connectivity index (χ0) is 13.4. The van der Waals surface area contributed by atoms with E-state index in [1.54, 1.807) is 24.3 Å². The lowest BCUT2D eigenvalue weighted by molar-refractivity contribution is 0.455. The second kappa shape index (κ2) is 4.24. The Morgan fingerprint density at radius 2 is 1.79 bits per heavy atom. The van der Waals surface area contributed by atoms with Crippen LogP contribution in [0.1, 0.15) is 5.69 Å². The number of hydrogen-bond donors (Lipinski definition) is 1. The van der Waals surface area contributed by atoms with Crippen LogP contribution >= 0.6 is 0 Å². The highest BCUT2D eigenvalue weighted by atomic mass is 16.3. The molecule has 0 aliphatic rings. The molecular weight excluding hydrogens is 240 g/mol. The van der Waals surface area contributed by atoms with Crippen molar-refractivity contribution in [3.63, 3.8) is 0 Å². The van der Waals surface area contributed by atoms with Gasteiger partial charge in [-0.1, -0.05) is 36.4 Å². The fraction of sp³-hybridized carbons (Fsp3) is 0.0667. The first-order valence-electron chi connectivity index (χ1n) is 5.95. The monoisotopic (exact) mass is 252 g/mol. The summed E-state index contributed by atoms with van der Waals surface area (Å²) in [6.07, 6.45) is 0. The Balaban J connectivity index is 2.45. The highest BCUT2D eigenvalue weighted by Gasteiger charge is 2.14. The minimum Gasteiger partial charge on any atom is -0.493 e. The average Bonchev–Trinajstić information content (AvgIpc) is 2.39. The molecule has 3 aromatic rings. The van der Waals surface area contributed by atoms with Gasteiger partial charge in [0.15, 0.2) is 0 Å². The van der Waals surface area contributed by atoms with Crippen molar-refractivity contribution < 1.29 is 5.11 Å². The summed E-state index contributed by atoms with van der Waals surface area (Å²) >= 11 is 0. The van der Waals surface area contributed by atoms with Crippen molar-refractivity contribution in [1.82, 2.24) is 9.38 Å². The fourth-order valence-electron chi connectivity index (χ4n) is 2.18. The van der Waals surface area contributed by atoms with E-state index >= 15 is 0 Å². The third-order valence-electron chi connectivity index (χ3n) is 3.09. The van der Waals surface area contributed by atoms with Gasteiger partial charge in [0.1, 0.15) is 11.2 Å². The molecule has 0 atom stereocenters. The largest absolute Gasteiger partial charge is 0.493 e. The molecule has 94 valence electrons. The molecule has 0 unspecified atom stereocenters. The average molecular weight is 252 g/mol. The normalized spacial score (nSPS) is 10.8. The standard InChI is InChI=1S/C15H12N2O2/c1-10-6-5-9-12-16-14(18)13(15(19)17(10)12)11-7-3-2-4-8-11/h2-9,18H,1H3. The fourth-order valence-corrected chi connectivity index (χ4v) is 2.18. The van der Waals surface area contributed by atoms with Gasteiger partial charge in [-0.2, -0.15) is 4.98 Å². The quantitative estimate of drug-likeness (QED) is 0.723. The van der Waals surface area contributed by atoms with Crippen LogP contribution < -0.4 is 5.56 Å². The van der Waals surface area contributed by atoms with Crippen LogP contribution in [-0.2, 0) is 0 Å². The lowest BCUT2D eigenvalue weighted by Gasteiger charge is -2.08. The van der Waals surface area contributed by atoms with Crippen molar-refractivity contribution in [3.05, 3.63) is 64.6 Å². The van der Waals surface area contributed by atoms with Gasteiger partial charge in [-0.05, 0) is 24.6 Å². The molecule has 0 saturated heterocycles. The first-order valence-corrected chi connectivity index (χ1v) is 5.95. The summed E-state index contributed by atoms with van der Waals surface area (Å²) in [5.74, 6) is -0.234. The minimum atomic E-state index is -0.258. The number of fused-ring (bicyclic) bond motifs is 1. The van der Waals surface area contributed by atoms with E-state index in [9.17, 15) is 9.90 Å². The summed E-state index contributed by atoms with van der Waals surface area (Å²) in [6, 6.07) is 14.4. The van der Waals surface area contributed by atoms with E-state index in [-0.39, 0.29) is 17.0 Å². The molecule has 4 heteroatoms. The molecule has 3 rings (SSSR count). The Labute approximate surface area is 109 Å². The number of aromatic hydroxyl groups is 1. The number of aromatic nitrogens is 2. The maximum absolute atomic E-state index is 12.5. The molecule has 2 aromatic heterocycles. The number of benzene rings is 1. The molecule has 0 fully saturated rings. The van der Waals surface area contributed by atoms with Crippen molar-refractivity contribution in [1.29, 1.82) is 0 Å². The van der Waals surface area contributed by atoms with Crippen molar-refractivity contribution in [3.8, 4) is 17.0 Å². The van der Waals surface area contributed by atoms with Crippen LogP contribution in [0, 0.1) is 6.92 Å². The van der Waals surface area contributed by atoms with Gasteiger partial charge in [0.2, 0.25) is 5.88 Å². The molecule has 1 aromatic carbocycles. The van der Waals surface area contributed by atoms with Gasteiger partial charge in [0, 0.05) is 5.69 Å². The summed E-state index contributed by atoms with van der Waals surface area (Å²) in [5.41, 5.74) is 1.86. The summed E-state index contributed by atoms with van der Waals surface area (Å²) in [7, 11) is 0. The zero-order valence-corrected chi connectivity index (χ0v) is 10.4. The molecule has 0 saturated carbocycles. The summed E-state index contributed by atoms with van der Waals surface area (Å²) in [4.78, 5) is 16.6. The summed E-state index contributed by atoms with van der Waals surface area (Å²) in [6.45, 7) is 1.84. The smallest absolute Gasteiger partial charge is 0.269 e. The number of hydrogen-bond acceptors (Lipinski definition) is 3. The SMILES string of the molecule is Cc1cccc2nc(O)c(-c3ccccc3)c(=O)n12. The van der Waals surface area contributed by atoms with Crippen LogP contribution in [0.3, 0.4) is 0 Å². The Hall–Kier alpha value is -2.62. The first kappa shape index (κ1) is 11.5. The molecule has 0 radical (unpaired) electrons. The van der Waals surface area contributed by atoms with Crippen molar-refractivity contribution in [2.45, 2.75) is 6.92 Å². The molecule has 19 heavy (non-hydrogen) atoms.